The van der Waals surface area contributed by atoms with Crippen molar-refractivity contribution in [3.05, 3.63) is 0 Å². The predicted octanol–water partition coefficient (Wildman–Crippen LogP) is 5.14. The lowest BCUT2D eigenvalue weighted by atomic mass is 9.83. The van der Waals surface area contributed by atoms with Crippen LogP contribution >= 0.6 is 0 Å². The van der Waals surface area contributed by atoms with Gasteiger partial charge in [0.25, 0.3) is 0 Å². The average molecular weight is 289 g/mol. The van der Waals surface area contributed by atoms with Gasteiger partial charge in [-0.25, -0.2) is 0 Å². The van der Waals surface area contributed by atoms with E-state index in [1.165, 1.54) is 19.5 Å². The fourth-order valence-electron chi connectivity index (χ4n) is 1.42. The quantitative estimate of drug-likeness (QED) is 0.694. The van der Waals surface area contributed by atoms with Gasteiger partial charge in [-0.15, -0.1) is 0 Å². The second-order valence-corrected chi connectivity index (χ2v) is 6.93. The van der Waals surface area contributed by atoms with E-state index < -0.39 is 0 Å². The van der Waals surface area contributed by atoms with Crippen molar-refractivity contribution in [3.63, 3.8) is 0 Å². The van der Waals surface area contributed by atoms with Crippen LogP contribution < -0.4 is 0 Å². The second kappa shape index (κ2) is 13.9. The number of hydrogen-bond acceptors (Lipinski definition) is 2. The predicted molar refractivity (Wildman–Crippen MR) is 96.6 cm³/mol. The Labute approximate surface area is 130 Å². The van der Waals surface area contributed by atoms with Crippen LogP contribution in [0.15, 0.2) is 0 Å². The monoisotopic (exact) mass is 288 g/mol. The summed E-state index contributed by atoms with van der Waals surface area (Å²) in [6, 6.07) is 1.43. The molecule has 0 amide bonds. The van der Waals surface area contributed by atoms with Crippen LogP contribution in [-0.2, 0) is 0 Å². The van der Waals surface area contributed by atoms with E-state index in [1.54, 1.807) is 0 Å². The molecule has 1 rings (SSSR count). The number of nitrogens with zero attached hydrogens (tertiary/aromatic N) is 2. The fourth-order valence-corrected chi connectivity index (χ4v) is 1.42. The Morgan fingerprint density at radius 1 is 0.950 bits per heavy atom. The van der Waals surface area contributed by atoms with E-state index >= 15 is 0 Å². The smallest absolute Gasteiger partial charge is 0.00479 e. The van der Waals surface area contributed by atoms with E-state index in [9.17, 15) is 0 Å². The van der Waals surface area contributed by atoms with Crippen molar-refractivity contribution in [2.75, 3.05) is 27.2 Å². The molecule has 0 aliphatic carbocycles. The van der Waals surface area contributed by atoms with Gasteiger partial charge in [-0.2, -0.15) is 0 Å². The van der Waals surface area contributed by atoms with Crippen LogP contribution in [-0.4, -0.2) is 49.1 Å². The van der Waals surface area contributed by atoms with Gasteiger partial charge in [-0.05, 0) is 47.2 Å². The molecule has 0 bridgehead atoms. The van der Waals surface area contributed by atoms with Gasteiger partial charge >= 0.3 is 0 Å². The molecule has 1 heterocycles. The SMILES string of the molecule is CC.CC(C)N(C)C.CC(C)N1CC(C)(C)C1.CCC. The van der Waals surface area contributed by atoms with Gasteiger partial charge in [-0.3, -0.25) is 4.90 Å². The molecule has 0 unspecified atom stereocenters. The van der Waals surface area contributed by atoms with Crippen LogP contribution in [0, 0.1) is 5.41 Å². The Morgan fingerprint density at radius 2 is 1.20 bits per heavy atom. The van der Waals surface area contributed by atoms with Crippen LogP contribution in [0.4, 0.5) is 0 Å². The third-order valence-corrected chi connectivity index (χ3v) is 3.03. The summed E-state index contributed by atoms with van der Waals surface area (Å²) in [4.78, 5) is 4.67. The third kappa shape index (κ3) is 16.0. The summed E-state index contributed by atoms with van der Waals surface area (Å²) < 4.78 is 0. The van der Waals surface area contributed by atoms with Gasteiger partial charge in [0, 0.05) is 25.2 Å². The normalized spacial score (nSPS) is 16.4. The van der Waals surface area contributed by atoms with Crippen molar-refractivity contribution >= 4 is 0 Å². The van der Waals surface area contributed by atoms with Crippen molar-refractivity contribution in [2.45, 2.75) is 87.7 Å². The lowest BCUT2D eigenvalue weighted by Gasteiger charge is -2.48. The van der Waals surface area contributed by atoms with E-state index in [4.69, 9.17) is 0 Å². The molecule has 1 saturated heterocycles. The molecule has 0 radical (unpaired) electrons. The first-order chi connectivity index (χ1) is 9.07. The van der Waals surface area contributed by atoms with Crippen molar-refractivity contribution < 1.29 is 0 Å². The summed E-state index contributed by atoms with van der Waals surface area (Å²) in [6.07, 6.45) is 1.25. The van der Waals surface area contributed by atoms with Crippen molar-refractivity contribution in [2.24, 2.45) is 5.41 Å². The highest BCUT2D eigenvalue weighted by Gasteiger charge is 2.34. The van der Waals surface area contributed by atoms with Gasteiger partial charge < -0.3 is 4.90 Å². The second-order valence-electron chi connectivity index (χ2n) is 6.93. The molecule has 0 atom stereocenters. The molecule has 126 valence electrons. The van der Waals surface area contributed by atoms with Crippen molar-refractivity contribution in [1.82, 2.24) is 9.80 Å². The Kier molecular flexibility index (Phi) is 17.3. The highest BCUT2D eigenvalue weighted by Crippen LogP contribution is 2.29. The average Bonchev–Trinajstić information content (AvgIpc) is 2.30. The molecule has 0 aromatic carbocycles. The molecule has 1 aliphatic rings. The Bertz CT molecular complexity index is 170. The summed E-state index contributed by atoms with van der Waals surface area (Å²) >= 11 is 0. The summed E-state index contributed by atoms with van der Waals surface area (Å²) in [5.41, 5.74) is 0.601. The molecule has 2 nitrogen and oxygen atoms in total. The molecule has 20 heavy (non-hydrogen) atoms. The highest BCUT2D eigenvalue weighted by molar-refractivity contribution is 4.88. The summed E-state index contributed by atoms with van der Waals surface area (Å²) in [6.45, 7) is 24.3. The van der Waals surface area contributed by atoms with Gasteiger partial charge in [0.1, 0.15) is 0 Å². The van der Waals surface area contributed by atoms with Crippen LogP contribution in [0.3, 0.4) is 0 Å². The zero-order valence-corrected chi connectivity index (χ0v) is 16.7. The summed E-state index contributed by atoms with van der Waals surface area (Å²) in [5.74, 6) is 0. The third-order valence-electron chi connectivity index (χ3n) is 3.03. The van der Waals surface area contributed by atoms with Crippen LogP contribution in [0.1, 0.15) is 75.7 Å². The van der Waals surface area contributed by atoms with Crippen LogP contribution in [0.25, 0.3) is 0 Å². The number of rotatable bonds is 2. The van der Waals surface area contributed by atoms with E-state index in [2.05, 4.69) is 79.3 Å². The van der Waals surface area contributed by atoms with Gasteiger partial charge in [0.05, 0.1) is 0 Å². The van der Waals surface area contributed by atoms with Crippen LogP contribution in [0.2, 0.25) is 0 Å². The Balaban J connectivity index is -0.000000229. The fraction of sp³-hybridized carbons (Fsp3) is 1.00. The van der Waals surface area contributed by atoms with E-state index in [0.717, 1.165) is 6.04 Å². The maximum atomic E-state index is 2.50. The Hall–Kier alpha value is -0.0800. The number of hydrogen-bond donors (Lipinski definition) is 0. The minimum Gasteiger partial charge on any atom is -0.307 e. The summed E-state index contributed by atoms with van der Waals surface area (Å²) in [5, 5.41) is 0. The number of likely N-dealkylation sites (tertiary alicyclic amines) is 1. The van der Waals surface area contributed by atoms with Crippen LogP contribution in [0.5, 0.6) is 0 Å². The largest absolute Gasteiger partial charge is 0.307 e. The molecule has 1 aliphatic heterocycles. The molecular weight excluding hydrogens is 244 g/mol. The molecule has 0 spiro atoms. The standard InChI is InChI=1S/C8H17N.C5H13N.C3H8.C2H6/c1-7(2)9-5-8(3,4)6-9;1-5(2)6(3)4;1-3-2;1-2/h7H,5-6H2,1-4H3;5H,1-4H3;3H2,1-2H3;1-2H3. The Morgan fingerprint density at radius 3 is 1.25 bits per heavy atom. The van der Waals surface area contributed by atoms with E-state index in [-0.39, 0.29) is 0 Å². The summed E-state index contributed by atoms with van der Waals surface area (Å²) in [7, 11) is 4.15. The molecule has 0 N–H and O–H groups in total. The maximum Gasteiger partial charge on any atom is 0.00479 e. The van der Waals surface area contributed by atoms with Crippen molar-refractivity contribution in [3.8, 4) is 0 Å². The van der Waals surface area contributed by atoms with Gasteiger partial charge in [0.2, 0.25) is 0 Å². The topological polar surface area (TPSA) is 6.48 Å². The molecule has 1 fully saturated rings. The van der Waals surface area contributed by atoms with Crippen molar-refractivity contribution in [1.29, 1.82) is 0 Å². The first kappa shape index (κ1) is 24.9. The first-order valence-electron chi connectivity index (χ1n) is 8.47. The van der Waals surface area contributed by atoms with Gasteiger partial charge in [0.15, 0.2) is 0 Å². The zero-order chi connectivity index (χ0) is 16.9. The highest BCUT2D eigenvalue weighted by atomic mass is 15.2. The molecular formula is C18H44N2. The van der Waals surface area contributed by atoms with Gasteiger partial charge in [-0.1, -0.05) is 48.0 Å². The van der Waals surface area contributed by atoms with E-state index in [1.807, 2.05) is 13.8 Å². The molecule has 2 heteroatoms. The minimum absolute atomic E-state index is 0.601. The lowest BCUT2D eigenvalue weighted by Crippen LogP contribution is -2.55. The zero-order valence-electron chi connectivity index (χ0n) is 16.7. The minimum atomic E-state index is 0.601. The lowest BCUT2D eigenvalue weighted by molar-refractivity contribution is 0.00572. The maximum absolute atomic E-state index is 2.50. The molecule has 0 saturated carbocycles. The molecule has 0 aromatic heterocycles. The first-order valence-corrected chi connectivity index (χ1v) is 8.47. The molecule has 0 aromatic rings. The van der Waals surface area contributed by atoms with E-state index in [0.29, 0.717) is 11.5 Å².